The van der Waals surface area contributed by atoms with Gasteiger partial charge in [0.2, 0.25) is 0 Å². The summed E-state index contributed by atoms with van der Waals surface area (Å²) in [5.74, 6) is 0. The first-order chi connectivity index (χ1) is 15.7. The van der Waals surface area contributed by atoms with E-state index >= 15 is 0 Å². The first-order valence-corrected chi connectivity index (χ1v) is 11.4. The molecule has 4 rings (SSSR count). The molecule has 4 nitrogen and oxygen atoms in total. The number of hydrogen-bond donors (Lipinski definition) is 0. The molecule has 0 aliphatic heterocycles. The largest absolute Gasteiger partial charge is 0.256 e. The van der Waals surface area contributed by atoms with Crippen LogP contribution in [0.4, 0.5) is 0 Å². The van der Waals surface area contributed by atoms with E-state index in [-0.39, 0.29) is 4.30 Å². The van der Waals surface area contributed by atoms with Crippen molar-refractivity contribution < 1.29 is 28.5 Å². The van der Waals surface area contributed by atoms with Crippen LogP contribution in [0.5, 0.6) is 0 Å². The SMILES string of the molecule is O=CCCC[C](=O)[Ir].c1ccc(-c2ccccn2)cc1.c1ccc(-c2ccccn2)cc1. The molecule has 5 heteroatoms. The number of carbonyl (C=O) groups is 2. The molecule has 0 spiro atoms. The fourth-order valence-electron chi connectivity index (χ4n) is 2.60. The molecule has 2 aromatic carbocycles. The molecule has 164 valence electrons. The summed E-state index contributed by atoms with van der Waals surface area (Å²) >= 11 is 1.53. The van der Waals surface area contributed by atoms with Gasteiger partial charge in [-0.25, -0.2) is 0 Å². The van der Waals surface area contributed by atoms with Crippen molar-refractivity contribution in [1.82, 2.24) is 9.97 Å². The Morgan fingerprint density at radius 3 is 1.47 bits per heavy atom. The third-order valence-electron chi connectivity index (χ3n) is 4.15. The van der Waals surface area contributed by atoms with Crippen LogP contribution in [0.25, 0.3) is 22.5 Å². The number of rotatable bonds is 6. The molecule has 0 fully saturated rings. The number of nitrogens with zero attached hydrogens (tertiary/aromatic N) is 2. The van der Waals surface area contributed by atoms with Crippen LogP contribution >= 0.6 is 0 Å². The predicted molar refractivity (Wildman–Crippen MR) is 124 cm³/mol. The van der Waals surface area contributed by atoms with E-state index in [4.69, 9.17) is 0 Å². The zero-order chi connectivity index (χ0) is 22.9. The minimum atomic E-state index is 0.159. The van der Waals surface area contributed by atoms with Crippen LogP contribution in [-0.2, 0) is 28.5 Å². The van der Waals surface area contributed by atoms with Crippen LogP contribution in [0, 0.1) is 0 Å². The summed E-state index contributed by atoms with van der Waals surface area (Å²) in [6.07, 6.45) is 6.21. The predicted octanol–water partition coefficient (Wildman–Crippen LogP) is 5.93. The molecule has 0 atom stereocenters. The van der Waals surface area contributed by atoms with Gasteiger partial charge in [-0.3, -0.25) is 9.97 Å². The van der Waals surface area contributed by atoms with Crippen LogP contribution in [0.1, 0.15) is 19.3 Å². The molecule has 2 aromatic heterocycles. The quantitative estimate of drug-likeness (QED) is 0.203. The maximum Gasteiger partial charge on any atom is 0.0701 e. The number of hydrogen-bond acceptors (Lipinski definition) is 4. The van der Waals surface area contributed by atoms with Gasteiger partial charge in [0, 0.05) is 23.5 Å². The van der Waals surface area contributed by atoms with Crippen LogP contribution in [0.15, 0.2) is 109 Å². The Bertz CT molecular complexity index is 878. The molecule has 0 aliphatic carbocycles. The van der Waals surface area contributed by atoms with Gasteiger partial charge in [0.15, 0.2) is 0 Å². The summed E-state index contributed by atoms with van der Waals surface area (Å²) in [4.78, 5) is 28.4. The molecule has 4 aromatic rings. The molecular weight excluding hydrogens is 577 g/mol. The minimum Gasteiger partial charge on any atom is -0.256 e. The summed E-state index contributed by atoms with van der Waals surface area (Å²) in [6.45, 7) is 0. The Balaban J connectivity index is 0.000000175. The fraction of sp³-hybridized carbons (Fsp3) is 0.111. The second-order valence-corrected chi connectivity index (χ2v) is 7.89. The molecule has 0 N–H and O–H groups in total. The first kappa shape index (κ1) is 25.0. The molecule has 0 saturated heterocycles. The van der Waals surface area contributed by atoms with Crippen LogP contribution in [0.3, 0.4) is 0 Å². The molecule has 32 heavy (non-hydrogen) atoms. The van der Waals surface area contributed by atoms with E-state index < -0.39 is 0 Å². The van der Waals surface area contributed by atoms with E-state index in [1.807, 2.05) is 85.2 Å². The average Bonchev–Trinajstić information content (AvgIpc) is 2.87. The zero-order valence-corrected chi connectivity index (χ0v) is 20.0. The third kappa shape index (κ3) is 10.2. The summed E-state index contributed by atoms with van der Waals surface area (Å²) in [7, 11) is 0. The van der Waals surface area contributed by atoms with Crippen molar-refractivity contribution in [1.29, 1.82) is 0 Å². The van der Waals surface area contributed by atoms with Gasteiger partial charge in [0.05, 0.1) is 11.4 Å². The Labute approximate surface area is 199 Å². The van der Waals surface area contributed by atoms with Crippen LogP contribution in [-0.4, -0.2) is 20.6 Å². The van der Waals surface area contributed by atoms with Crippen molar-refractivity contribution in [2.75, 3.05) is 0 Å². The van der Waals surface area contributed by atoms with E-state index in [9.17, 15) is 9.59 Å². The average molecular weight is 602 g/mol. The van der Waals surface area contributed by atoms with Gasteiger partial charge < -0.3 is 0 Å². The topological polar surface area (TPSA) is 59.9 Å². The van der Waals surface area contributed by atoms with Gasteiger partial charge in [0.1, 0.15) is 0 Å². The van der Waals surface area contributed by atoms with Crippen molar-refractivity contribution in [2.45, 2.75) is 19.3 Å². The molecule has 0 aliphatic rings. The van der Waals surface area contributed by atoms with Gasteiger partial charge >= 0.3 is 58.3 Å². The van der Waals surface area contributed by atoms with E-state index in [0.717, 1.165) is 28.8 Å². The molecule has 2 heterocycles. The normalized spacial score (nSPS) is 9.44. The summed E-state index contributed by atoms with van der Waals surface area (Å²) < 4.78 is 0.159. The molecular formula is C27H25IrN2O2. The number of unbranched alkanes of at least 4 members (excludes halogenated alkanes) is 1. The van der Waals surface area contributed by atoms with Gasteiger partial charge in [-0.05, 0) is 24.3 Å². The molecule has 0 unspecified atom stereocenters. The maximum absolute atomic E-state index is 10.2. The van der Waals surface area contributed by atoms with E-state index in [1.165, 1.54) is 18.9 Å². The Morgan fingerprint density at radius 1 is 0.688 bits per heavy atom. The number of benzene rings is 2. The number of aldehydes is 1. The summed E-state index contributed by atoms with van der Waals surface area (Å²) in [5.41, 5.74) is 4.38. The van der Waals surface area contributed by atoms with Crippen LogP contribution in [0.2, 0.25) is 0 Å². The second-order valence-electron chi connectivity index (χ2n) is 6.55. The molecule has 0 saturated carbocycles. The van der Waals surface area contributed by atoms with Crippen molar-refractivity contribution in [2.24, 2.45) is 0 Å². The smallest absolute Gasteiger partial charge is 0.0701 e. The van der Waals surface area contributed by atoms with Gasteiger partial charge in [-0.2, -0.15) is 0 Å². The van der Waals surface area contributed by atoms with E-state index in [0.29, 0.717) is 19.3 Å². The molecule has 0 radical (unpaired) electrons. The Morgan fingerprint density at radius 2 is 1.12 bits per heavy atom. The van der Waals surface area contributed by atoms with E-state index in [1.54, 1.807) is 0 Å². The third-order valence-corrected chi connectivity index (χ3v) is 4.75. The van der Waals surface area contributed by atoms with Crippen molar-refractivity contribution in [3.63, 3.8) is 0 Å². The number of aromatic nitrogens is 2. The Kier molecular flexibility index (Phi) is 12.1. The van der Waals surface area contributed by atoms with Gasteiger partial charge in [-0.15, -0.1) is 0 Å². The zero-order valence-electron chi connectivity index (χ0n) is 17.6. The van der Waals surface area contributed by atoms with Crippen molar-refractivity contribution in [3.8, 4) is 22.5 Å². The standard InChI is InChI=1S/2C11H9N.C5H7O2.Ir/c2*1-2-6-10(7-3-1)11-8-4-5-9-12-11;6-4-2-1-3-5-7;/h2*1-9H;4H,1-3H2;. The Hall–Kier alpha value is -3.27. The fourth-order valence-corrected chi connectivity index (χ4v) is 3.02. The monoisotopic (exact) mass is 602 g/mol. The number of pyridine rings is 2. The van der Waals surface area contributed by atoms with Crippen molar-refractivity contribution >= 4 is 10.6 Å². The summed E-state index contributed by atoms with van der Waals surface area (Å²) in [5, 5.41) is 0. The van der Waals surface area contributed by atoms with Crippen LogP contribution < -0.4 is 0 Å². The van der Waals surface area contributed by atoms with E-state index in [2.05, 4.69) is 34.2 Å². The van der Waals surface area contributed by atoms with Gasteiger partial charge in [-0.1, -0.05) is 72.8 Å². The van der Waals surface area contributed by atoms with Crippen molar-refractivity contribution in [3.05, 3.63) is 109 Å². The molecule has 0 bridgehead atoms. The molecule has 0 amide bonds. The number of carbonyl (C=O) groups excluding carboxylic acids is 2. The minimum absolute atomic E-state index is 0.159. The first-order valence-electron chi connectivity index (χ1n) is 10.2. The van der Waals surface area contributed by atoms with Gasteiger partial charge in [0.25, 0.3) is 0 Å². The summed E-state index contributed by atoms with van der Waals surface area (Å²) in [6, 6.07) is 32.2. The maximum atomic E-state index is 10.2. The second kappa shape index (κ2) is 15.5.